The summed E-state index contributed by atoms with van der Waals surface area (Å²) < 4.78 is 0. The molecular formula is C8H13N. The number of allylic oxidation sites excluding steroid dienone is 2. The average molecular weight is 123 g/mol. The lowest BCUT2D eigenvalue weighted by Gasteiger charge is -2.19. The largest absolute Gasteiger partial charge is 0.319 e. The molecule has 0 aromatic rings. The highest BCUT2D eigenvalue weighted by molar-refractivity contribution is 5.36. The Labute approximate surface area is 56.2 Å². The lowest BCUT2D eigenvalue weighted by Crippen LogP contribution is -2.33. The fourth-order valence-electron chi connectivity index (χ4n) is 1.15. The summed E-state index contributed by atoms with van der Waals surface area (Å²) in [7, 11) is 0. The highest BCUT2D eigenvalue weighted by Crippen LogP contribution is 2.23. The summed E-state index contributed by atoms with van der Waals surface area (Å²) in [6.07, 6.45) is 7.21. The summed E-state index contributed by atoms with van der Waals surface area (Å²) in [5, 5.41) is 0. The molecule has 0 fully saturated rings. The van der Waals surface area contributed by atoms with Crippen LogP contribution in [0.15, 0.2) is 23.8 Å². The van der Waals surface area contributed by atoms with E-state index in [0.29, 0.717) is 0 Å². The van der Waals surface area contributed by atoms with E-state index >= 15 is 0 Å². The third kappa shape index (κ3) is 1.06. The minimum atomic E-state index is -0.158. The van der Waals surface area contributed by atoms with Crippen LogP contribution in [0.4, 0.5) is 0 Å². The number of rotatable bonds is 1. The van der Waals surface area contributed by atoms with Crippen LogP contribution in [0, 0.1) is 0 Å². The van der Waals surface area contributed by atoms with E-state index in [1.54, 1.807) is 0 Å². The smallest absolute Gasteiger partial charge is 0.0532 e. The maximum absolute atomic E-state index is 5.88. The molecule has 0 heterocycles. The summed E-state index contributed by atoms with van der Waals surface area (Å²) in [5.41, 5.74) is 7.04. The van der Waals surface area contributed by atoms with Gasteiger partial charge in [0.15, 0.2) is 0 Å². The second-order valence-electron chi connectivity index (χ2n) is 2.69. The Morgan fingerprint density at radius 3 is 2.56 bits per heavy atom. The quantitative estimate of drug-likeness (QED) is 0.563. The summed E-state index contributed by atoms with van der Waals surface area (Å²) in [6.45, 7) is 4.16. The van der Waals surface area contributed by atoms with Crippen LogP contribution in [0.2, 0.25) is 0 Å². The maximum Gasteiger partial charge on any atom is 0.0532 e. The maximum atomic E-state index is 5.88. The highest BCUT2D eigenvalue weighted by atomic mass is 14.7. The van der Waals surface area contributed by atoms with Crippen molar-refractivity contribution in [2.45, 2.75) is 25.8 Å². The van der Waals surface area contributed by atoms with Crippen molar-refractivity contribution in [2.75, 3.05) is 0 Å². The summed E-state index contributed by atoms with van der Waals surface area (Å²) in [6, 6.07) is 0. The van der Waals surface area contributed by atoms with Gasteiger partial charge in [0.05, 0.1) is 5.54 Å². The molecule has 1 unspecified atom stereocenters. The Hall–Kier alpha value is -0.560. The fraction of sp³-hybridized carbons (Fsp3) is 0.500. The van der Waals surface area contributed by atoms with Crippen LogP contribution >= 0.6 is 0 Å². The zero-order valence-electron chi connectivity index (χ0n) is 6.02. The molecule has 1 heteroatoms. The van der Waals surface area contributed by atoms with E-state index in [1.165, 1.54) is 5.57 Å². The molecule has 2 N–H and O–H groups in total. The molecule has 1 atom stereocenters. The molecule has 0 aliphatic heterocycles. The standard InChI is InChI=1S/C8H13N/c1-3-7-5-4-6-8(7,2)9/h4-6H,3,9H2,1-2H3. The Bertz CT molecular complexity index is 163. The van der Waals surface area contributed by atoms with Crippen LogP contribution in [0.25, 0.3) is 0 Å². The van der Waals surface area contributed by atoms with Crippen molar-refractivity contribution in [3.63, 3.8) is 0 Å². The molecule has 0 aromatic heterocycles. The van der Waals surface area contributed by atoms with Gasteiger partial charge in [-0.3, -0.25) is 0 Å². The second-order valence-corrected chi connectivity index (χ2v) is 2.69. The predicted octanol–water partition coefficient (Wildman–Crippen LogP) is 1.61. The van der Waals surface area contributed by atoms with Crippen molar-refractivity contribution in [3.05, 3.63) is 23.8 Å². The number of nitrogens with two attached hydrogens (primary N) is 1. The van der Waals surface area contributed by atoms with E-state index in [-0.39, 0.29) is 5.54 Å². The minimum absolute atomic E-state index is 0.158. The molecule has 1 aliphatic carbocycles. The second kappa shape index (κ2) is 1.99. The van der Waals surface area contributed by atoms with Gasteiger partial charge in [0.25, 0.3) is 0 Å². The lowest BCUT2D eigenvalue weighted by atomic mass is 9.95. The normalized spacial score (nSPS) is 33.0. The third-order valence-corrected chi connectivity index (χ3v) is 1.81. The molecule has 1 nitrogen and oxygen atoms in total. The zero-order chi connectivity index (χ0) is 6.91. The molecule has 0 spiro atoms. The van der Waals surface area contributed by atoms with Crippen LogP contribution in [-0.2, 0) is 0 Å². The van der Waals surface area contributed by atoms with Gasteiger partial charge in [-0.2, -0.15) is 0 Å². The Morgan fingerprint density at radius 1 is 1.67 bits per heavy atom. The summed E-state index contributed by atoms with van der Waals surface area (Å²) >= 11 is 0. The number of hydrogen-bond donors (Lipinski definition) is 1. The molecule has 0 bridgehead atoms. The molecule has 0 saturated heterocycles. The first-order valence-electron chi connectivity index (χ1n) is 3.34. The minimum Gasteiger partial charge on any atom is -0.319 e. The van der Waals surface area contributed by atoms with Crippen molar-refractivity contribution in [1.29, 1.82) is 0 Å². The Balaban J connectivity index is 2.78. The molecular weight excluding hydrogens is 110 g/mol. The lowest BCUT2D eigenvalue weighted by molar-refractivity contribution is 0.672. The van der Waals surface area contributed by atoms with Crippen LogP contribution in [-0.4, -0.2) is 5.54 Å². The highest BCUT2D eigenvalue weighted by Gasteiger charge is 2.20. The van der Waals surface area contributed by atoms with Gasteiger partial charge >= 0.3 is 0 Å². The average Bonchev–Trinajstić information content (AvgIpc) is 2.08. The van der Waals surface area contributed by atoms with Gasteiger partial charge in [0.1, 0.15) is 0 Å². The number of hydrogen-bond acceptors (Lipinski definition) is 1. The van der Waals surface area contributed by atoms with Crippen LogP contribution in [0.1, 0.15) is 20.3 Å². The van der Waals surface area contributed by atoms with Gasteiger partial charge in [-0.15, -0.1) is 0 Å². The van der Waals surface area contributed by atoms with E-state index in [4.69, 9.17) is 5.73 Å². The molecule has 0 saturated carbocycles. The Morgan fingerprint density at radius 2 is 2.33 bits per heavy atom. The predicted molar refractivity (Wildman–Crippen MR) is 40.1 cm³/mol. The summed E-state index contributed by atoms with van der Waals surface area (Å²) in [4.78, 5) is 0. The van der Waals surface area contributed by atoms with E-state index < -0.39 is 0 Å². The molecule has 1 aliphatic rings. The van der Waals surface area contributed by atoms with E-state index in [0.717, 1.165) is 6.42 Å². The zero-order valence-corrected chi connectivity index (χ0v) is 6.02. The van der Waals surface area contributed by atoms with Gasteiger partial charge in [0.2, 0.25) is 0 Å². The van der Waals surface area contributed by atoms with Gasteiger partial charge in [-0.25, -0.2) is 0 Å². The first-order chi connectivity index (χ1) is 4.17. The van der Waals surface area contributed by atoms with Crippen molar-refractivity contribution in [1.82, 2.24) is 0 Å². The van der Waals surface area contributed by atoms with Crippen LogP contribution in [0.3, 0.4) is 0 Å². The van der Waals surface area contributed by atoms with Crippen molar-refractivity contribution in [3.8, 4) is 0 Å². The van der Waals surface area contributed by atoms with Gasteiger partial charge in [0, 0.05) is 0 Å². The van der Waals surface area contributed by atoms with Crippen molar-refractivity contribution < 1.29 is 0 Å². The van der Waals surface area contributed by atoms with E-state index in [2.05, 4.69) is 13.0 Å². The molecule has 0 aromatic carbocycles. The molecule has 0 amide bonds. The third-order valence-electron chi connectivity index (χ3n) is 1.81. The van der Waals surface area contributed by atoms with E-state index in [1.807, 2.05) is 19.1 Å². The van der Waals surface area contributed by atoms with Gasteiger partial charge in [-0.1, -0.05) is 25.2 Å². The van der Waals surface area contributed by atoms with Crippen molar-refractivity contribution >= 4 is 0 Å². The van der Waals surface area contributed by atoms with Crippen LogP contribution < -0.4 is 5.73 Å². The van der Waals surface area contributed by atoms with E-state index in [9.17, 15) is 0 Å². The first kappa shape index (κ1) is 6.56. The Kier molecular flexibility index (Phi) is 1.45. The molecule has 9 heavy (non-hydrogen) atoms. The van der Waals surface area contributed by atoms with Gasteiger partial charge < -0.3 is 5.73 Å². The molecule has 0 radical (unpaired) electrons. The van der Waals surface area contributed by atoms with Crippen LogP contribution in [0.5, 0.6) is 0 Å². The molecule has 1 rings (SSSR count). The first-order valence-corrected chi connectivity index (χ1v) is 3.34. The SMILES string of the molecule is CCC1=CC=CC1(C)N. The monoisotopic (exact) mass is 123 g/mol. The van der Waals surface area contributed by atoms with Crippen molar-refractivity contribution in [2.24, 2.45) is 5.73 Å². The summed E-state index contributed by atoms with van der Waals surface area (Å²) in [5.74, 6) is 0. The molecule has 50 valence electrons. The van der Waals surface area contributed by atoms with Gasteiger partial charge in [-0.05, 0) is 18.9 Å². The topological polar surface area (TPSA) is 26.0 Å². The fourth-order valence-corrected chi connectivity index (χ4v) is 1.15.